The van der Waals surface area contributed by atoms with Crippen LogP contribution in [0, 0.1) is 0 Å². The van der Waals surface area contributed by atoms with Crippen molar-refractivity contribution in [1.29, 1.82) is 0 Å². The predicted octanol–water partition coefficient (Wildman–Crippen LogP) is 2.10. The Balaban J connectivity index is 1.37. The lowest BCUT2D eigenvalue weighted by Gasteiger charge is -2.43. The van der Waals surface area contributed by atoms with Gasteiger partial charge >= 0.3 is 6.03 Å². The molecule has 3 amide bonds. The maximum absolute atomic E-state index is 12.8. The van der Waals surface area contributed by atoms with Gasteiger partial charge in [-0.3, -0.25) is 19.9 Å². The largest absolute Gasteiger partial charge is 0.457 e. The standard InChI is InChI=1S/C22H25N5O3/c1-24-19-18(20(28)25(2)22(24)29)27-14-6-13-26(21(27)23-19)15-9-11-17(12-10-15)30-16-7-4-3-5-8-16/h3-5,7-12,18-19,21,23H,6,13-14H2,1-2H3. The van der Waals surface area contributed by atoms with Crippen molar-refractivity contribution in [2.45, 2.75) is 24.9 Å². The number of rotatable bonds is 3. The Kier molecular flexibility index (Phi) is 4.60. The zero-order chi connectivity index (χ0) is 20.8. The number of carbonyl (C=O) groups is 2. The van der Waals surface area contributed by atoms with E-state index in [1.807, 2.05) is 54.6 Å². The molecule has 156 valence electrons. The molecule has 8 nitrogen and oxygen atoms in total. The van der Waals surface area contributed by atoms with E-state index in [1.165, 1.54) is 4.90 Å². The van der Waals surface area contributed by atoms with Crippen LogP contribution in [0.25, 0.3) is 0 Å². The van der Waals surface area contributed by atoms with Crippen LogP contribution >= 0.6 is 0 Å². The molecular weight excluding hydrogens is 382 g/mol. The van der Waals surface area contributed by atoms with Gasteiger partial charge in [0.15, 0.2) is 0 Å². The van der Waals surface area contributed by atoms with Gasteiger partial charge in [-0.05, 0) is 42.8 Å². The molecule has 2 aromatic carbocycles. The number of ether oxygens (including phenoxy) is 1. The first-order chi connectivity index (χ1) is 14.5. The smallest absolute Gasteiger partial charge is 0.327 e. The van der Waals surface area contributed by atoms with Crippen molar-refractivity contribution in [3.8, 4) is 11.5 Å². The van der Waals surface area contributed by atoms with Gasteiger partial charge in [0.1, 0.15) is 30.0 Å². The molecule has 0 aromatic heterocycles. The second-order valence-electron chi connectivity index (χ2n) is 7.91. The first kappa shape index (κ1) is 18.9. The Labute approximate surface area is 175 Å². The van der Waals surface area contributed by atoms with Crippen molar-refractivity contribution in [2.24, 2.45) is 0 Å². The number of carbonyl (C=O) groups excluding carboxylic acids is 2. The van der Waals surface area contributed by atoms with Crippen LogP contribution in [0.5, 0.6) is 11.5 Å². The van der Waals surface area contributed by atoms with Crippen LogP contribution in [0.2, 0.25) is 0 Å². The molecule has 8 heteroatoms. The molecule has 0 bridgehead atoms. The topological polar surface area (TPSA) is 68.4 Å². The minimum absolute atomic E-state index is 0.139. The van der Waals surface area contributed by atoms with Crippen LogP contribution in [0.4, 0.5) is 10.5 Å². The lowest BCUT2D eigenvalue weighted by Crippen LogP contribution is -2.65. The highest BCUT2D eigenvalue weighted by atomic mass is 16.5. The molecule has 30 heavy (non-hydrogen) atoms. The third-order valence-corrected chi connectivity index (χ3v) is 6.14. The number of hydrogen-bond donors (Lipinski definition) is 1. The van der Waals surface area contributed by atoms with Gasteiger partial charge in [0.05, 0.1) is 0 Å². The zero-order valence-electron chi connectivity index (χ0n) is 17.1. The van der Waals surface area contributed by atoms with Crippen LogP contribution in [0.3, 0.4) is 0 Å². The number of imide groups is 1. The second-order valence-corrected chi connectivity index (χ2v) is 7.91. The van der Waals surface area contributed by atoms with Gasteiger partial charge in [-0.2, -0.15) is 0 Å². The fourth-order valence-corrected chi connectivity index (χ4v) is 4.60. The van der Waals surface area contributed by atoms with E-state index in [9.17, 15) is 9.59 Å². The van der Waals surface area contributed by atoms with Crippen molar-refractivity contribution in [2.75, 3.05) is 32.1 Å². The summed E-state index contributed by atoms with van der Waals surface area (Å²) in [6, 6.07) is 17.0. The van der Waals surface area contributed by atoms with Crippen LogP contribution in [0.15, 0.2) is 54.6 Å². The normalized spacial score (nSPS) is 26.6. The van der Waals surface area contributed by atoms with E-state index >= 15 is 0 Å². The van der Waals surface area contributed by atoms with Crippen molar-refractivity contribution < 1.29 is 14.3 Å². The summed E-state index contributed by atoms with van der Waals surface area (Å²) in [5.74, 6) is 1.42. The average molecular weight is 407 g/mol. The summed E-state index contributed by atoms with van der Waals surface area (Å²) in [6.45, 7) is 1.68. The summed E-state index contributed by atoms with van der Waals surface area (Å²) in [6.07, 6.45) is 0.478. The lowest BCUT2D eigenvalue weighted by molar-refractivity contribution is -0.137. The molecule has 3 heterocycles. The number of para-hydroxylation sites is 1. The SMILES string of the molecule is CN1C(=O)C2C(NC3N(c4ccc(Oc5ccccc5)cc4)CCCN23)N(C)C1=O. The minimum atomic E-state index is -0.369. The van der Waals surface area contributed by atoms with Crippen molar-refractivity contribution >= 4 is 17.6 Å². The molecule has 3 aliphatic rings. The molecule has 0 saturated carbocycles. The molecule has 1 N–H and O–H groups in total. The molecule has 2 aromatic rings. The minimum Gasteiger partial charge on any atom is -0.457 e. The average Bonchev–Trinajstić information content (AvgIpc) is 3.17. The summed E-state index contributed by atoms with van der Waals surface area (Å²) < 4.78 is 5.90. The zero-order valence-corrected chi connectivity index (χ0v) is 17.1. The first-order valence-corrected chi connectivity index (χ1v) is 10.2. The summed E-state index contributed by atoms with van der Waals surface area (Å²) in [7, 11) is 3.30. The van der Waals surface area contributed by atoms with Crippen molar-refractivity contribution in [1.82, 2.24) is 20.0 Å². The summed E-state index contributed by atoms with van der Waals surface area (Å²) in [5, 5.41) is 3.51. The maximum Gasteiger partial charge on any atom is 0.327 e. The number of urea groups is 1. The molecule has 3 saturated heterocycles. The van der Waals surface area contributed by atoms with Crippen LogP contribution in [0.1, 0.15) is 6.42 Å². The van der Waals surface area contributed by atoms with Gasteiger partial charge in [0.25, 0.3) is 5.91 Å². The maximum atomic E-state index is 12.8. The molecule has 0 radical (unpaired) electrons. The van der Waals surface area contributed by atoms with Gasteiger partial charge in [-0.25, -0.2) is 4.79 Å². The van der Waals surface area contributed by atoms with Gasteiger partial charge in [-0.1, -0.05) is 18.2 Å². The quantitative estimate of drug-likeness (QED) is 0.841. The Bertz CT molecular complexity index is 951. The number of benzene rings is 2. The summed E-state index contributed by atoms with van der Waals surface area (Å²) in [5.41, 5.74) is 1.05. The van der Waals surface area contributed by atoms with E-state index in [-0.39, 0.29) is 30.4 Å². The number of likely N-dealkylation sites (N-methyl/N-ethyl adjacent to an activating group) is 2. The number of nitrogens with zero attached hydrogens (tertiary/aromatic N) is 4. The molecule has 3 atom stereocenters. The van der Waals surface area contributed by atoms with E-state index in [1.54, 1.807) is 19.0 Å². The summed E-state index contributed by atoms with van der Waals surface area (Å²) >= 11 is 0. The molecular formula is C22H25N5O3. The molecule has 5 rings (SSSR count). The predicted molar refractivity (Wildman–Crippen MR) is 112 cm³/mol. The molecule has 3 aliphatic heterocycles. The van der Waals surface area contributed by atoms with Crippen molar-refractivity contribution in [3.63, 3.8) is 0 Å². The lowest BCUT2D eigenvalue weighted by atomic mass is 10.1. The van der Waals surface area contributed by atoms with Gasteiger partial charge < -0.3 is 14.5 Å². The van der Waals surface area contributed by atoms with E-state index in [0.29, 0.717) is 0 Å². The highest BCUT2D eigenvalue weighted by Crippen LogP contribution is 2.33. The van der Waals surface area contributed by atoms with E-state index < -0.39 is 0 Å². The molecule has 3 fully saturated rings. The van der Waals surface area contributed by atoms with E-state index in [2.05, 4.69) is 15.1 Å². The van der Waals surface area contributed by atoms with Gasteiger partial charge in [0, 0.05) is 32.9 Å². The Morgan fingerprint density at radius 2 is 1.63 bits per heavy atom. The van der Waals surface area contributed by atoms with Gasteiger partial charge in [-0.15, -0.1) is 0 Å². The second kappa shape index (κ2) is 7.30. The molecule has 0 aliphatic carbocycles. The summed E-state index contributed by atoms with van der Waals surface area (Å²) in [4.78, 5) is 32.5. The Hall–Kier alpha value is -3.10. The third kappa shape index (κ3) is 3.00. The highest BCUT2D eigenvalue weighted by molar-refractivity contribution is 6.00. The fourth-order valence-electron chi connectivity index (χ4n) is 4.60. The van der Waals surface area contributed by atoms with E-state index in [4.69, 9.17) is 4.74 Å². The van der Waals surface area contributed by atoms with Gasteiger partial charge in [0.2, 0.25) is 0 Å². The van der Waals surface area contributed by atoms with Crippen molar-refractivity contribution in [3.05, 3.63) is 54.6 Å². The monoisotopic (exact) mass is 407 g/mol. The van der Waals surface area contributed by atoms with Crippen LogP contribution in [-0.2, 0) is 4.79 Å². The number of anilines is 1. The van der Waals surface area contributed by atoms with Crippen LogP contribution < -0.4 is 15.0 Å². The number of fused-ring (bicyclic) bond motifs is 3. The Morgan fingerprint density at radius 1 is 0.933 bits per heavy atom. The molecule has 0 spiro atoms. The fraction of sp³-hybridized carbons (Fsp3) is 0.364. The first-order valence-electron chi connectivity index (χ1n) is 10.2. The van der Waals surface area contributed by atoms with E-state index in [0.717, 1.165) is 36.7 Å². The third-order valence-electron chi connectivity index (χ3n) is 6.14. The Morgan fingerprint density at radius 3 is 2.37 bits per heavy atom. The highest BCUT2D eigenvalue weighted by Gasteiger charge is 2.55. The number of amides is 3. The number of nitrogens with one attached hydrogen (secondary N) is 1. The van der Waals surface area contributed by atoms with Crippen LogP contribution in [-0.4, -0.2) is 72.3 Å². The number of hydrogen-bond acceptors (Lipinski definition) is 6. The molecule has 3 unspecified atom stereocenters.